The van der Waals surface area contributed by atoms with Crippen LogP contribution in [0.3, 0.4) is 0 Å². The second-order valence-electron chi connectivity index (χ2n) is 11.5. The smallest absolute Gasteiger partial charge is 0.264 e. The molecule has 7 nitrogen and oxygen atoms in total. The molecule has 230 valence electrons. The Morgan fingerprint density at radius 1 is 0.773 bits per heavy atom. The quantitative estimate of drug-likeness (QED) is 0.204. The fourth-order valence-corrected chi connectivity index (χ4v) is 6.34. The standard InChI is InChI=1S/C36H41N3O4S/c1-27(2)24-37-36(41)34(23-30-14-7-5-8-15-30)38(25-31-16-12-11-13-29(31)4)35(40)26-39(32-21-19-28(3)20-22-32)44(42,43)33-17-9-6-10-18-33/h5-22,27,34H,23-26H2,1-4H3,(H,37,41)/t34-/m0/s1. The van der Waals surface area contributed by atoms with Crippen molar-refractivity contribution in [3.63, 3.8) is 0 Å². The molecule has 4 aromatic carbocycles. The summed E-state index contributed by atoms with van der Waals surface area (Å²) in [7, 11) is -4.12. The summed E-state index contributed by atoms with van der Waals surface area (Å²) in [5.41, 5.74) is 4.07. The molecule has 0 aromatic heterocycles. The molecule has 0 unspecified atom stereocenters. The minimum Gasteiger partial charge on any atom is -0.354 e. The number of rotatable bonds is 13. The number of hydrogen-bond donors (Lipinski definition) is 1. The van der Waals surface area contributed by atoms with Crippen molar-refractivity contribution < 1.29 is 18.0 Å². The Labute approximate surface area is 261 Å². The molecule has 2 amide bonds. The van der Waals surface area contributed by atoms with Crippen molar-refractivity contribution >= 4 is 27.5 Å². The van der Waals surface area contributed by atoms with E-state index in [2.05, 4.69) is 5.32 Å². The van der Waals surface area contributed by atoms with E-state index >= 15 is 0 Å². The molecule has 8 heteroatoms. The van der Waals surface area contributed by atoms with Crippen LogP contribution in [-0.4, -0.2) is 44.3 Å². The van der Waals surface area contributed by atoms with Gasteiger partial charge in [0.15, 0.2) is 0 Å². The molecule has 1 N–H and O–H groups in total. The molecule has 0 aliphatic heterocycles. The minimum atomic E-state index is -4.12. The zero-order valence-corrected chi connectivity index (χ0v) is 26.6. The largest absolute Gasteiger partial charge is 0.354 e. The second-order valence-corrected chi connectivity index (χ2v) is 13.3. The third-order valence-corrected chi connectivity index (χ3v) is 9.28. The molecule has 0 aliphatic rings. The number of aryl methyl sites for hydroxylation is 2. The lowest BCUT2D eigenvalue weighted by Gasteiger charge is -2.34. The van der Waals surface area contributed by atoms with E-state index in [1.54, 1.807) is 30.3 Å². The van der Waals surface area contributed by atoms with Crippen molar-refractivity contribution in [2.75, 3.05) is 17.4 Å². The summed E-state index contributed by atoms with van der Waals surface area (Å²) in [6.45, 7) is 8.02. The lowest BCUT2D eigenvalue weighted by molar-refractivity contribution is -0.140. The van der Waals surface area contributed by atoms with Crippen LogP contribution in [0.15, 0.2) is 114 Å². The van der Waals surface area contributed by atoms with Crippen LogP contribution in [0.4, 0.5) is 5.69 Å². The number of carbonyl (C=O) groups excluding carboxylic acids is 2. The van der Waals surface area contributed by atoms with Crippen LogP contribution in [-0.2, 0) is 32.6 Å². The summed E-state index contributed by atoms with van der Waals surface area (Å²) in [5.74, 6) is -0.545. The predicted octanol–water partition coefficient (Wildman–Crippen LogP) is 5.91. The average molecular weight is 612 g/mol. The third-order valence-electron chi connectivity index (χ3n) is 7.49. The molecule has 44 heavy (non-hydrogen) atoms. The first kappa shape index (κ1) is 32.5. The predicted molar refractivity (Wildman–Crippen MR) is 176 cm³/mol. The summed E-state index contributed by atoms with van der Waals surface area (Å²) in [6.07, 6.45) is 0.276. The van der Waals surface area contributed by atoms with Gasteiger partial charge < -0.3 is 10.2 Å². The van der Waals surface area contributed by atoms with Crippen molar-refractivity contribution in [1.82, 2.24) is 10.2 Å². The van der Waals surface area contributed by atoms with Gasteiger partial charge in [0.05, 0.1) is 10.6 Å². The molecule has 4 rings (SSSR count). The van der Waals surface area contributed by atoms with Gasteiger partial charge in [-0.1, -0.05) is 104 Å². The van der Waals surface area contributed by atoms with E-state index in [9.17, 15) is 18.0 Å². The van der Waals surface area contributed by atoms with Gasteiger partial charge in [0, 0.05) is 19.5 Å². The van der Waals surface area contributed by atoms with Gasteiger partial charge in [-0.25, -0.2) is 8.42 Å². The van der Waals surface area contributed by atoms with Crippen molar-refractivity contribution in [1.29, 1.82) is 0 Å². The fraction of sp³-hybridized carbons (Fsp3) is 0.278. The molecule has 0 saturated heterocycles. The highest BCUT2D eigenvalue weighted by atomic mass is 32.2. The summed E-state index contributed by atoms with van der Waals surface area (Å²) in [5, 5.41) is 3.02. The molecule has 0 heterocycles. The van der Waals surface area contributed by atoms with Crippen molar-refractivity contribution in [3.05, 3.63) is 131 Å². The average Bonchev–Trinajstić information content (AvgIpc) is 3.02. The van der Waals surface area contributed by atoms with Crippen LogP contribution in [0.25, 0.3) is 0 Å². The second kappa shape index (κ2) is 14.8. The van der Waals surface area contributed by atoms with Gasteiger partial charge in [-0.05, 0) is 60.7 Å². The van der Waals surface area contributed by atoms with Crippen LogP contribution in [0.5, 0.6) is 0 Å². The molecule has 0 fully saturated rings. The van der Waals surface area contributed by atoms with Crippen LogP contribution < -0.4 is 9.62 Å². The normalized spacial score (nSPS) is 12.0. The first-order chi connectivity index (χ1) is 21.1. The van der Waals surface area contributed by atoms with Gasteiger partial charge in [0.25, 0.3) is 10.0 Å². The van der Waals surface area contributed by atoms with Crippen LogP contribution in [0.2, 0.25) is 0 Å². The Kier molecular flexibility index (Phi) is 11.0. The first-order valence-corrected chi connectivity index (χ1v) is 16.3. The van der Waals surface area contributed by atoms with E-state index in [0.717, 1.165) is 26.6 Å². The summed E-state index contributed by atoms with van der Waals surface area (Å²) < 4.78 is 29.2. The zero-order valence-electron chi connectivity index (χ0n) is 25.8. The summed E-state index contributed by atoms with van der Waals surface area (Å²) in [6, 6.07) is 31.5. The first-order valence-electron chi connectivity index (χ1n) is 14.9. The van der Waals surface area contributed by atoms with Gasteiger partial charge in [-0.2, -0.15) is 0 Å². The van der Waals surface area contributed by atoms with E-state index in [1.165, 1.54) is 17.0 Å². The van der Waals surface area contributed by atoms with Gasteiger partial charge in [0.2, 0.25) is 11.8 Å². The number of benzene rings is 4. The summed E-state index contributed by atoms with van der Waals surface area (Å²) in [4.78, 5) is 30.0. The van der Waals surface area contributed by atoms with E-state index in [0.29, 0.717) is 12.2 Å². The van der Waals surface area contributed by atoms with Gasteiger partial charge in [-0.3, -0.25) is 13.9 Å². The summed E-state index contributed by atoms with van der Waals surface area (Å²) >= 11 is 0. The SMILES string of the molecule is Cc1ccc(N(CC(=O)N(Cc2ccccc2C)[C@@H](Cc2ccccc2)C(=O)NCC(C)C)S(=O)(=O)c2ccccc2)cc1. The minimum absolute atomic E-state index is 0.0781. The maximum absolute atomic E-state index is 14.5. The molecular formula is C36H41N3O4S. The number of sulfonamides is 1. The Hall–Kier alpha value is -4.43. The van der Waals surface area contributed by atoms with E-state index in [-0.39, 0.29) is 29.7 Å². The molecule has 0 radical (unpaired) electrons. The number of hydrogen-bond acceptors (Lipinski definition) is 4. The number of nitrogens with one attached hydrogen (secondary N) is 1. The molecule has 0 bridgehead atoms. The third kappa shape index (κ3) is 8.35. The maximum atomic E-state index is 14.5. The molecule has 4 aromatic rings. The van der Waals surface area contributed by atoms with Crippen LogP contribution >= 0.6 is 0 Å². The lowest BCUT2D eigenvalue weighted by Crippen LogP contribution is -2.53. The number of anilines is 1. The van der Waals surface area contributed by atoms with Crippen molar-refractivity contribution in [3.8, 4) is 0 Å². The Balaban J connectivity index is 1.79. The van der Waals surface area contributed by atoms with Gasteiger partial charge in [0.1, 0.15) is 12.6 Å². The Morgan fingerprint density at radius 3 is 1.98 bits per heavy atom. The van der Waals surface area contributed by atoms with E-state index in [1.807, 2.05) is 94.4 Å². The van der Waals surface area contributed by atoms with E-state index in [4.69, 9.17) is 0 Å². The van der Waals surface area contributed by atoms with Crippen molar-refractivity contribution in [2.45, 2.75) is 51.6 Å². The van der Waals surface area contributed by atoms with Crippen LogP contribution in [0, 0.1) is 19.8 Å². The maximum Gasteiger partial charge on any atom is 0.264 e. The number of nitrogens with zero attached hydrogens (tertiary/aromatic N) is 2. The van der Waals surface area contributed by atoms with E-state index < -0.39 is 28.5 Å². The van der Waals surface area contributed by atoms with Crippen LogP contribution in [0.1, 0.15) is 36.1 Å². The highest BCUT2D eigenvalue weighted by molar-refractivity contribution is 7.92. The van der Waals surface area contributed by atoms with Gasteiger partial charge >= 0.3 is 0 Å². The fourth-order valence-electron chi connectivity index (χ4n) is 4.91. The zero-order chi connectivity index (χ0) is 31.7. The topological polar surface area (TPSA) is 86.8 Å². The molecule has 0 saturated carbocycles. The molecule has 1 atom stereocenters. The molecular weight excluding hydrogens is 570 g/mol. The Morgan fingerprint density at radius 2 is 1.36 bits per heavy atom. The molecule has 0 aliphatic carbocycles. The van der Waals surface area contributed by atoms with Crippen molar-refractivity contribution in [2.24, 2.45) is 5.92 Å². The highest BCUT2D eigenvalue weighted by Gasteiger charge is 2.34. The number of amides is 2. The Bertz CT molecular complexity index is 1640. The molecule has 0 spiro atoms. The van der Waals surface area contributed by atoms with Gasteiger partial charge in [-0.15, -0.1) is 0 Å². The highest BCUT2D eigenvalue weighted by Crippen LogP contribution is 2.25. The lowest BCUT2D eigenvalue weighted by atomic mass is 10.0. The monoisotopic (exact) mass is 611 g/mol. The number of carbonyl (C=O) groups is 2.